The zero-order valence-electron chi connectivity index (χ0n) is 18.6. The third kappa shape index (κ3) is 4.00. The minimum absolute atomic E-state index is 0.103. The van der Waals surface area contributed by atoms with Crippen LogP contribution in [0.4, 0.5) is 5.69 Å². The summed E-state index contributed by atoms with van der Waals surface area (Å²) in [7, 11) is 2.92. The highest BCUT2D eigenvalue weighted by Crippen LogP contribution is 2.46. The van der Waals surface area contributed by atoms with Crippen LogP contribution in [-0.2, 0) is 9.59 Å². The quantitative estimate of drug-likeness (QED) is 0.268. The van der Waals surface area contributed by atoms with Crippen molar-refractivity contribution in [3.8, 4) is 11.5 Å². The Bertz CT molecular complexity index is 1310. The molecule has 0 radical (unpaired) electrons. The summed E-state index contributed by atoms with van der Waals surface area (Å²) in [4.78, 5) is 28.0. The van der Waals surface area contributed by atoms with Crippen molar-refractivity contribution in [2.75, 3.05) is 19.1 Å². The summed E-state index contributed by atoms with van der Waals surface area (Å²) in [6.07, 6.45) is 0. The predicted molar refractivity (Wildman–Crippen MR) is 132 cm³/mol. The minimum Gasteiger partial charge on any atom is -0.507 e. The molecule has 1 aliphatic heterocycles. The zero-order chi connectivity index (χ0) is 24.6. The minimum atomic E-state index is -0.947. The first-order chi connectivity index (χ1) is 16.3. The van der Waals surface area contributed by atoms with E-state index in [-0.39, 0.29) is 26.9 Å². The topological polar surface area (TPSA) is 76.1 Å². The Morgan fingerprint density at radius 1 is 0.941 bits per heavy atom. The fraction of sp³-hybridized carbons (Fsp3) is 0.154. The van der Waals surface area contributed by atoms with Crippen LogP contribution in [0.3, 0.4) is 0 Å². The number of benzene rings is 3. The van der Waals surface area contributed by atoms with Crippen LogP contribution >= 0.6 is 23.2 Å². The molecule has 0 aliphatic carbocycles. The average Bonchev–Trinajstić information content (AvgIpc) is 3.08. The molecule has 8 heteroatoms. The summed E-state index contributed by atoms with van der Waals surface area (Å²) in [6.45, 7) is 1.89. The van der Waals surface area contributed by atoms with Crippen molar-refractivity contribution in [3.63, 3.8) is 0 Å². The van der Waals surface area contributed by atoms with Gasteiger partial charge in [0, 0.05) is 16.8 Å². The number of para-hydroxylation sites is 1. The number of anilines is 1. The highest BCUT2D eigenvalue weighted by atomic mass is 35.5. The van der Waals surface area contributed by atoms with Gasteiger partial charge in [0.05, 0.1) is 35.9 Å². The molecule has 0 aromatic heterocycles. The van der Waals surface area contributed by atoms with E-state index >= 15 is 0 Å². The standard InChI is InChI=1S/C26H21Cl2NO5/c1-14-7-6-8-16(11-14)29-22(17-9-4-5-10-20(17)33-2)21(24(31)26(29)32)23(30)15-12-18(27)25(34-3)19(28)13-15/h4-13,22,30H,1-3H3/b23-21+. The van der Waals surface area contributed by atoms with Gasteiger partial charge in [0.25, 0.3) is 11.7 Å². The summed E-state index contributed by atoms with van der Waals surface area (Å²) in [5.74, 6) is -1.31. The molecular formula is C26H21Cl2NO5. The number of aliphatic hydroxyl groups is 1. The van der Waals surface area contributed by atoms with Gasteiger partial charge in [0.15, 0.2) is 5.75 Å². The lowest BCUT2D eigenvalue weighted by molar-refractivity contribution is -0.132. The summed E-state index contributed by atoms with van der Waals surface area (Å²) in [6, 6.07) is 16.2. The van der Waals surface area contributed by atoms with Gasteiger partial charge in [-0.3, -0.25) is 14.5 Å². The monoisotopic (exact) mass is 497 g/mol. The van der Waals surface area contributed by atoms with E-state index in [1.54, 1.807) is 42.5 Å². The summed E-state index contributed by atoms with van der Waals surface area (Å²) in [5.41, 5.74) is 2.04. The predicted octanol–water partition coefficient (Wildman–Crippen LogP) is 5.95. The van der Waals surface area contributed by atoms with Crippen molar-refractivity contribution in [3.05, 3.63) is 93.0 Å². The third-order valence-corrected chi connectivity index (χ3v) is 6.20. The van der Waals surface area contributed by atoms with Gasteiger partial charge in [-0.05, 0) is 42.8 Å². The lowest BCUT2D eigenvalue weighted by atomic mass is 9.94. The second-order valence-electron chi connectivity index (χ2n) is 7.72. The Labute approximate surface area is 206 Å². The highest BCUT2D eigenvalue weighted by molar-refractivity contribution is 6.52. The first-order valence-corrected chi connectivity index (χ1v) is 11.1. The molecule has 1 unspecified atom stereocenters. The van der Waals surface area contributed by atoms with Crippen molar-refractivity contribution in [1.82, 2.24) is 0 Å². The van der Waals surface area contributed by atoms with Gasteiger partial charge in [0.1, 0.15) is 11.5 Å². The molecular weight excluding hydrogens is 477 g/mol. The number of ether oxygens (including phenoxy) is 2. The number of carbonyl (C=O) groups excluding carboxylic acids is 2. The maximum atomic E-state index is 13.3. The maximum Gasteiger partial charge on any atom is 0.300 e. The van der Waals surface area contributed by atoms with Crippen molar-refractivity contribution < 1.29 is 24.2 Å². The van der Waals surface area contributed by atoms with E-state index in [0.29, 0.717) is 17.0 Å². The van der Waals surface area contributed by atoms with E-state index < -0.39 is 23.5 Å². The highest BCUT2D eigenvalue weighted by Gasteiger charge is 2.48. The van der Waals surface area contributed by atoms with E-state index in [1.807, 2.05) is 13.0 Å². The number of hydrogen-bond acceptors (Lipinski definition) is 5. The normalized spacial score (nSPS) is 17.2. The van der Waals surface area contributed by atoms with Gasteiger partial charge < -0.3 is 14.6 Å². The number of ketones is 1. The van der Waals surface area contributed by atoms with Crippen LogP contribution < -0.4 is 14.4 Å². The fourth-order valence-corrected chi connectivity index (χ4v) is 4.75. The molecule has 1 N–H and O–H groups in total. The molecule has 1 amide bonds. The van der Waals surface area contributed by atoms with Crippen molar-refractivity contribution in [2.24, 2.45) is 0 Å². The second kappa shape index (κ2) is 9.41. The number of methoxy groups -OCH3 is 2. The Balaban J connectivity index is 2.00. The molecule has 3 aromatic rings. The molecule has 4 rings (SSSR count). The van der Waals surface area contributed by atoms with Crippen molar-refractivity contribution in [1.29, 1.82) is 0 Å². The van der Waals surface area contributed by atoms with Crippen LogP contribution in [0.15, 0.2) is 66.2 Å². The van der Waals surface area contributed by atoms with E-state index in [1.165, 1.54) is 31.3 Å². The number of aryl methyl sites for hydroxylation is 1. The smallest absolute Gasteiger partial charge is 0.300 e. The number of aliphatic hydroxyl groups excluding tert-OH is 1. The molecule has 0 saturated carbocycles. The number of nitrogens with zero attached hydrogens (tertiary/aromatic N) is 1. The van der Waals surface area contributed by atoms with E-state index in [0.717, 1.165) is 5.56 Å². The number of rotatable bonds is 5. The van der Waals surface area contributed by atoms with Gasteiger partial charge in [-0.1, -0.05) is 53.5 Å². The molecule has 1 saturated heterocycles. The number of carbonyl (C=O) groups is 2. The first kappa shape index (κ1) is 23.7. The van der Waals surface area contributed by atoms with Crippen LogP contribution in [0.1, 0.15) is 22.7 Å². The maximum absolute atomic E-state index is 13.3. The second-order valence-corrected chi connectivity index (χ2v) is 8.54. The average molecular weight is 498 g/mol. The Morgan fingerprint density at radius 2 is 1.62 bits per heavy atom. The van der Waals surface area contributed by atoms with E-state index in [2.05, 4.69) is 0 Å². The summed E-state index contributed by atoms with van der Waals surface area (Å²) in [5, 5.41) is 11.6. The molecule has 0 bridgehead atoms. The Hall–Kier alpha value is -3.48. The molecule has 174 valence electrons. The zero-order valence-corrected chi connectivity index (χ0v) is 20.1. The lowest BCUT2D eigenvalue weighted by Crippen LogP contribution is -2.29. The van der Waals surface area contributed by atoms with Crippen LogP contribution in [-0.4, -0.2) is 31.0 Å². The molecule has 1 aliphatic rings. The number of amides is 1. The number of hydrogen-bond donors (Lipinski definition) is 1. The summed E-state index contributed by atoms with van der Waals surface area (Å²) >= 11 is 12.5. The fourth-order valence-electron chi connectivity index (χ4n) is 4.11. The SMILES string of the molecule is COc1ccccc1C1/C(=C(\O)c2cc(Cl)c(OC)c(Cl)c2)C(=O)C(=O)N1c1cccc(C)c1. The van der Waals surface area contributed by atoms with Gasteiger partial charge in [-0.25, -0.2) is 0 Å². The van der Waals surface area contributed by atoms with E-state index in [4.69, 9.17) is 32.7 Å². The van der Waals surface area contributed by atoms with Gasteiger partial charge in [-0.15, -0.1) is 0 Å². The van der Waals surface area contributed by atoms with Crippen LogP contribution in [0.5, 0.6) is 11.5 Å². The molecule has 34 heavy (non-hydrogen) atoms. The molecule has 6 nitrogen and oxygen atoms in total. The lowest BCUT2D eigenvalue weighted by Gasteiger charge is -2.27. The van der Waals surface area contributed by atoms with Gasteiger partial charge in [-0.2, -0.15) is 0 Å². The largest absolute Gasteiger partial charge is 0.507 e. The number of Topliss-reactive ketones (excluding diaryl/α,β-unsaturated/α-hetero) is 1. The van der Waals surface area contributed by atoms with Crippen LogP contribution in [0.2, 0.25) is 10.0 Å². The molecule has 3 aromatic carbocycles. The third-order valence-electron chi connectivity index (χ3n) is 5.63. The van der Waals surface area contributed by atoms with Crippen LogP contribution in [0.25, 0.3) is 5.76 Å². The first-order valence-electron chi connectivity index (χ1n) is 10.3. The summed E-state index contributed by atoms with van der Waals surface area (Å²) < 4.78 is 10.7. The number of halogens is 2. The molecule has 1 atom stereocenters. The Morgan fingerprint density at radius 3 is 2.24 bits per heavy atom. The van der Waals surface area contributed by atoms with Crippen LogP contribution in [0, 0.1) is 6.92 Å². The van der Waals surface area contributed by atoms with E-state index in [9.17, 15) is 14.7 Å². The van der Waals surface area contributed by atoms with Gasteiger partial charge in [0.2, 0.25) is 0 Å². The molecule has 1 fully saturated rings. The molecule has 1 heterocycles. The molecule has 0 spiro atoms. The Kier molecular flexibility index (Phi) is 6.55. The van der Waals surface area contributed by atoms with Crippen molar-refractivity contribution in [2.45, 2.75) is 13.0 Å². The van der Waals surface area contributed by atoms with Gasteiger partial charge >= 0.3 is 0 Å². The van der Waals surface area contributed by atoms with Crippen molar-refractivity contribution >= 4 is 46.3 Å².